The summed E-state index contributed by atoms with van der Waals surface area (Å²) in [6.07, 6.45) is 3.46. The van der Waals surface area contributed by atoms with Crippen LogP contribution in [0.1, 0.15) is 5.56 Å². The highest BCUT2D eigenvalue weighted by Gasteiger charge is 1.93. The van der Waals surface area contributed by atoms with Crippen LogP contribution in [0.5, 0.6) is 5.75 Å². The van der Waals surface area contributed by atoms with Crippen molar-refractivity contribution in [2.24, 2.45) is 0 Å². The summed E-state index contributed by atoms with van der Waals surface area (Å²) >= 11 is 0. The number of ether oxygens (including phenoxy) is 2. The van der Waals surface area contributed by atoms with E-state index in [0.717, 1.165) is 11.3 Å². The van der Waals surface area contributed by atoms with Gasteiger partial charge in [0.05, 0.1) is 26.9 Å². The molecule has 0 aliphatic heterocycles. The fourth-order valence-electron chi connectivity index (χ4n) is 1.11. The maximum absolute atomic E-state index is 8.48. The number of aliphatic hydroxyl groups is 1. The second-order valence-corrected chi connectivity index (χ2v) is 3.02. The number of methoxy groups -OCH3 is 1. The number of hydrogen-bond acceptors (Lipinski definition) is 3. The molecule has 0 aromatic heterocycles. The average Bonchev–Trinajstić information content (AvgIpc) is 2.30. The standard InChI is InChI=1S/C12H16O3/c1-14-12-6-4-11(5-7-12)10-15-9-3-2-8-13/h2-7,13H,8-10H2,1H3/b3-2+. The van der Waals surface area contributed by atoms with E-state index in [-0.39, 0.29) is 6.61 Å². The predicted molar refractivity (Wildman–Crippen MR) is 58.9 cm³/mol. The Balaban J connectivity index is 2.28. The van der Waals surface area contributed by atoms with Gasteiger partial charge in [-0.15, -0.1) is 0 Å². The van der Waals surface area contributed by atoms with Gasteiger partial charge >= 0.3 is 0 Å². The lowest BCUT2D eigenvalue weighted by atomic mass is 10.2. The Bertz CT molecular complexity index is 290. The fourth-order valence-corrected chi connectivity index (χ4v) is 1.11. The molecule has 0 spiro atoms. The van der Waals surface area contributed by atoms with E-state index >= 15 is 0 Å². The molecular formula is C12H16O3. The molecule has 3 heteroatoms. The van der Waals surface area contributed by atoms with Crippen molar-refractivity contribution >= 4 is 0 Å². The molecule has 0 aliphatic rings. The molecule has 0 saturated heterocycles. The highest BCUT2D eigenvalue weighted by atomic mass is 16.5. The summed E-state index contributed by atoms with van der Waals surface area (Å²) in [5.41, 5.74) is 1.10. The molecule has 1 N–H and O–H groups in total. The quantitative estimate of drug-likeness (QED) is 0.572. The highest BCUT2D eigenvalue weighted by molar-refractivity contribution is 5.26. The Morgan fingerprint density at radius 3 is 2.53 bits per heavy atom. The second kappa shape index (κ2) is 7.04. The lowest BCUT2D eigenvalue weighted by Gasteiger charge is -2.03. The van der Waals surface area contributed by atoms with E-state index in [1.165, 1.54) is 0 Å². The monoisotopic (exact) mass is 208 g/mol. The van der Waals surface area contributed by atoms with Gasteiger partial charge in [0.15, 0.2) is 0 Å². The minimum Gasteiger partial charge on any atom is -0.497 e. The van der Waals surface area contributed by atoms with Crippen molar-refractivity contribution in [1.29, 1.82) is 0 Å². The molecule has 0 bridgehead atoms. The summed E-state index contributed by atoms with van der Waals surface area (Å²) in [5.74, 6) is 0.846. The Morgan fingerprint density at radius 2 is 1.93 bits per heavy atom. The molecule has 0 aliphatic carbocycles. The smallest absolute Gasteiger partial charge is 0.118 e. The highest BCUT2D eigenvalue weighted by Crippen LogP contribution is 2.11. The third-order valence-electron chi connectivity index (χ3n) is 1.91. The topological polar surface area (TPSA) is 38.7 Å². The number of rotatable bonds is 6. The number of aliphatic hydroxyl groups excluding tert-OH is 1. The van der Waals surface area contributed by atoms with Crippen molar-refractivity contribution in [2.45, 2.75) is 6.61 Å². The predicted octanol–water partition coefficient (Wildman–Crippen LogP) is 1.76. The van der Waals surface area contributed by atoms with Gasteiger partial charge in [-0.3, -0.25) is 0 Å². The maximum Gasteiger partial charge on any atom is 0.118 e. The van der Waals surface area contributed by atoms with Crippen LogP contribution in [0.25, 0.3) is 0 Å². The first-order valence-electron chi connectivity index (χ1n) is 4.83. The first-order chi connectivity index (χ1) is 7.36. The van der Waals surface area contributed by atoms with Gasteiger partial charge in [-0.25, -0.2) is 0 Å². The van der Waals surface area contributed by atoms with Crippen molar-refractivity contribution in [2.75, 3.05) is 20.3 Å². The summed E-state index contributed by atoms with van der Waals surface area (Å²) in [7, 11) is 1.64. The molecule has 0 fully saturated rings. The zero-order valence-electron chi connectivity index (χ0n) is 8.85. The summed E-state index contributed by atoms with van der Waals surface area (Å²) < 4.78 is 10.4. The summed E-state index contributed by atoms with van der Waals surface area (Å²) in [5, 5.41) is 8.48. The first kappa shape index (κ1) is 11.8. The lowest BCUT2D eigenvalue weighted by Crippen LogP contribution is -1.93. The number of benzene rings is 1. The second-order valence-electron chi connectivity index (χ2n) is 3.02. The van der Waals surface area contributed by atoms with Gasteiger partial charge in [0, 0.05) is 0 Å². The summed E-state index contributed by atoms with van der Waals surface area (Å²) in [6, 6.07) is 7.74. The normalized spacial score (nSPS) is 10.8. The van der Waals surface area contributed by atoms with Gasteiger partial charge in [-0.2, -0.15) is 0 Å². The van der Waals surface area contributed by atoms with Crippen molar-refractivity contribution in [3.8, 4) is 5.75 Å². The van der Waals surface area contributed by atoms with Crippen LogP contribution < -0.4 is 4.74 Å². The average molecular weight is 208 g/mol. The van der Waals surface area contributed by atoms with Crippen LogP contribution in [0.15, 0.2) is 36.4 Å². The molecule has 0 saturated carbocycles. The largest absolute Gasteiger partial charge is 0.497 e. The first-order valence-corrected chi connectivity index (χ1v) is 4.83. The van der Waals surface area contributed by atoms with Gasteiger partial charge in [0.1, 0.15) is 5.75 Å². The fraction of sp³-hybridized carbons (Fsp3) is 0.333. The van der Waals surface area contributed by atoms with E-state index in [2.05, 4.69) is 0 Å². The van der Waals surface area contributed by atoms with Crippen LogP contribution >= 0.6 is 0 Å². The minimum atomic E-state index is 0.0614. The maximum atomic E-state index is 8.48. The van der Waals surface area contributed by atoms with E-state index in [0.29, 0.717) is 13.2 Å². The lowest BCUT2D eigenvalue weighted by molar-refractivity contribution is 0.148. The van der Waals surface area contributed by atoms with Gasteiger partial charge in [0.25, 0.3) is 0 Å². The van der Waals surface area contributed by atoms with Gasteiger partial charge in [0.2, 0.25) is 0 Å². The Hall–Kier alpha value is -1.32. The summed E-state index contributed by atoms with van der Waals surface area (Å²) in [4.78, 5) is 0. The van der Waals surface area contributed by atoms with Gasteiger partial charge in [-0.05, 0) is 17.7 Å². The van der Waals surface area contributed by atoms with Crippen LogP contribution in [0.4, 0.5) is 0 Å². The molecule has 0 unspecified atom stereocenters. The van der Waals surface area contributed by atoms with Crippen LogP contribution in [0.2, 0.25) is 0 Å². The van der Waals surface area contributed by atoms with E-state index in [1.807, 2.05) is 24.3 Å². The Kier molecular flexibility index (Phi) is 5.51. The van der Waals surface area contributed by atoms with Gasteiger partial charge < -0.3 is 14.6 Å². The molecule has 0 heterocycles. The van der Waals surface area contributed by atoms with Crippen molar-refractivity contribution in [3.05, 3.63) is 42.0 Å². The van der Waals surface area contributed by atoms with Crippen LogP contribution in [0.3, 0.4) is 0 Å². The minimum absolute atomic E-state index is 0.0614. The van der Waals surface area contributed by atoms with Crippen molar-refractivity contribution < 1.29 is 14.6 Å². The van der Waals surface area contributed by atoms with Crippen LogP contribution in [0, 0.1) is 0 Å². The third kappa shape index (κ3) is 4.63. The van der Waals surface area contributed by atoms with Crippen molar-refractivity contribution in [1.82, 2.24) is 0 Å². The molecule has 0 amide bonds. The zero-order chi connectivity index (χ0) is 10.9. The Morgan fingerprint density at radius 1 is 1.20 bits per heavy atom. The van der Waals surface area contributed by atoms with Crippen LogP contribution in [-0.4, -0.2) is 25.4 Å². The molecule has 1 rings (SSSR count). The zero-order valence-corrected chi connectivity index (χ0v) is 8.85. The van der Waals surface area contributed by atoms with E-state index in [1.54, 1.807) is 19.3 Å². The van der Waals surface area contributed by atoms with E-state index in [4.69, 9.17) is 14.6 Å². The molecular weight excluding hydrogens is 192 g/mol. The molecule has 0 atom stereocenters. The molecule has 0 radical (unpaired) electrons. The molecule has 15 heavy (non-hydrogen) atoms. The molecule has 1 aromatic carbocycles. The molecule has 1 aromatic rings. The van der Waals surface area contributed by atoms with Crippen molar-refractivity contribution in [3.63, 3.8) is 0 Å². The molecule has 82 valence electrons. The molecule has 3 nitrogen and oxygen atoms in total. The van der Waals surface area contributed by atoms with Gasteiger partial charge in [-0.1, -0.05) is 24.3 Å². The SMILES string of the molecule is COc1ccc(COC/C=C/CO)cc1. The van der Waals surface area contributed by atoms with E-state index < -0.39 is 0 Å². The van der Waals surface area contributed by atoms with Crippen LogP contribution in [-0.2, 0) is 11.3 Å². The third-order valence-corrected chi connectivity index (χ3v) is 1.91. The van der Waals surface area contributed by atoms with E-state index in [9.17, 15) is 0 Å². The summed E-state index contributed by atoms with van der Waals surface area (Å²) in [6.45, 7) is 1.15. The Labute approximate surface area is 90.0 Å². The number of hydrogen-bond donors (Lipinski definition) is 1.